The summed E-state index contributed by atoms with van der Waals surface area (Å²) >= 11 is 0. The molecule has 0 fully saturated rings. The minimum Gasteiger partial charge on any atom is -0.316 e. The van der Waals surface area contributed by atoms with Gasteiger partial charge in [-0.1, -0.05) is 146 Å². The van der Waals surface area contributed by atoms with Crippen LogP contribution >= 0.6 is 0 Å². The molecule has 276 valence electrons. The van der Waals surface area contributed by atoms with Gasteiger partial charge in [-0.15, -0.1) is 0 Å². The SMILES string of the molecule is c1ccc(-c2nc(-c3ccccc3)nc(-n3c4ccccc4c4cc(-n5c6ccccc6c6c(-c7ccccc7)cc7c(ccn7-c7ccccc7)c65)ccc43)n2)cc1. The molecule has 0 N–H and O–H groups in total. The zero-order chi connectivity index (χ0) is 38.9. The second-order valence-corrected chi connectivity index (χ2v) is 14.9. The lowest BCUT2D eigenvalue weighted by Gasteiger charge is -2.13. The highest BCUT2D eigenvalue weighted by Gasteiger charge is 2.23. The molecular weight excluding hydrogens is 721 g/mol. The van der Waals surface area contributed by atoms with Gasteiger partial charge in [0.1, 0.15) is 0 Å². The summed E-state index contributed by atoms with van der Waals surface area (Å²) in [6.07, 6.45) is 2.20. The van der Waals surface area contributed by atoms with Crippen LogP contribution in [0.3, 0.4) is 0 Å². The van der Waals surface area contributed by atoms with Gasteiger partial charge in [0.2, 0.25) is 5.95 Å². The first kappa shape index (κ1) is 33.1. The molecule has 0 unspecified atom stereocenters. The molecular formula is C53H34N6. The van der Waals surface area contributed by atoms with E-state index in [1.165, 1.54) is 32.8 Å². The van der Waals surface area contributed by atoms with Crippen LogP contribution in [0.25, 0.3) is 106 Å². The van der Waals surface area contributed by atoms with Crippen molar-refractivity contribution in [3.8, 4) is 51.2 Å². The van der Waals surface area contributed by atoms with Gasteiger partial charge in [0.25, 0.3) is 0 Å². The van der Waals surface area contributed by atoms with E-state index in [0.717, 1.165) is 55.3 Å². The third kappa shape index (κ3) is 5.24. The zero-order valence-electron chi connectivity index (χ0n) is 31.8. The summed E-state index contributed by atoms with van der Waals surface area (Å²) in [6.45, 7) is 0. The number of hydrogen-bond acceptors (Lipinski definition) is 3. The smallest absolute Gasteiger partial charge is 0.238 e. The van der Waals surface area contributed by atoms with Gasteiger partial charge >= 0.3 is 0 Å². The van der Waals surface area contributed by atoms with Crippen LogP contribution in [0.1, 0.15) is 0 Å². The summed E-state index contributed by atoms with van der Waals surface area (Å²) in [6, 6.07) is 70.5. The van der Waals surface area contributed by atoms with Crippen LogP contribution in [-0.2, 0) is 0 Å². The fourth-order valence-electron chi connectivity index (χ4n) is 8.91. The molecule has 0 spiro atoms. The largest absolute Gasteiger partial charge is 0.316 e. The van der Waals surface area contributed by atoms with E-state index in [1.54, 1.807) is 0 Å². The molecule has 0 saturated heterocycles. The van der Waals surface area contributed by atoms with Crippen molar-refractivity contribution >= 4 is 54.5 Å². The summed E-state index contributed by atoms with van der Waals surface area (Å²) in [4.78, 5) is 15.3. The monoisotopic (exact) mass is 754 g/mol. The Morgan fingerprint density at radius 2 is 0.881 bits per heavy atom. The van der Waals surface area contributed by atoms with Crippen LogP contribution in [0.5, 0.6) is 0 Å². The van der Waals surface area contributed by atoms with Crippen molar-refractivity contribution in [1.29, 1.82) is 0 Å². The van der Waals surface area contributed by atoms with Crippen LogP contribution < -0.4 is 0 Å². The molecule has 0 amide bonds. The third-order valence-corrected chi connectivity index (χ3v) is 11.5. The highest BCUT2D eigenvalue weighted by molar-refractivity contribution is 6.24. The average Bonchev–Trinajstić information content (AvgIpc) is 4.00. The molecule has 59 heavy (non-hydrogen) atoms. The molecule has 0 aliphatic rings. The van der Waals surface area contributed by atoms with E-state index in [-0.39, 0.29) is 0 Å². The molecule has 8 aromatic carbocycles. The summed E-state index contributed by atoms with van der Waals surface area (Å²) in [5.41, 5.74) is 12.0. The van der Waals surface area contributed by atoms with E-state index in [4.69, 9.17) is 15.0 Å². The molecule has 4 aromatic heterocycles. The lowest BCUT2D eigenvalue weighted by molar-refractivity contribution is 0.953. The van der Waals surface area contributed by atoms with Crippen molar-refractivity contribution in [3.05, 3.63) is 206 Å². The van der Waals surface area contributed by atoms with Crippen molar-refractivity contribution in [1.82, 2.24) is 28.7 Å². The Kier molecular flexibility index (Phi) is 7.43. The second kappa shape index (κ2) is 13.3. The van der Waals surface area contributed by atoms with Crippen LogP contribution in [0.4, 0.5) is 0 Å². The quantitative estimate of drug-likeness (QED) is 0.170. The van der Waals surface area contributed by atoms with Gasteiger partial charge < -0.3 is 9.13 Å². The number of hydrogen-bond donors (Lipinski definition) is 0. The van der Waals surface area contributed by atoms with E-state index in [9.17, 15) is 0 Å². The lowest BCUT2D eigenvalue weighted by Crippen LogP contribution is -2.06. The lowest BCUT2D eigenvalue weighted by atomic mass is 9.97. The molecule has 0 radical (unpaired) electrons. The van der Waals surface area contributed by atoms with Gasteiger partial charge in [-0.25, -0.2) is 4.98 Å². The van der Waals surface area contributed by atoms with E-state index < -0.39 is 0 Å². The van der Waals surface area contributed by atoms with E-state index in [2.05, 4.69) is 159 Å². The van der Waals surface area contributed by atoms with Crippen molar-refractivity contribution in [2.24, 2.45) is 0 Å². The number of fused-ring (bicyclic) bond motifs is 8. The summed E-state index contributed by atoms with van der Waals surface area (Å²) in [5.74, 6) is 1.83. The first-order chi connectivity index (χ1) is 29.3. The molecule has 0 aliphatic carbocycles. The predicted molar refractivity (Wildman–Crippen MR) is 242 cm³/mol. The van der Waals surface area contributed by atoms with Gasteiger partial charge in [0, 0.05) is 55.6 Å². The van der Waals surface area contributed by atoms with Crippen LogP contribution in [0, 0.1) is 0 Å². The average molecular weight is 755 g/mol. The van der Waals surface area contributed by atoms with Crippen molar-refractivity contribution in [2.45, 2.75) is 0 Å². The molecule has 0 bridgehead atoms. The Bertz CT molecular complexity index is 3470. The zero-order valence-corrected chi connectivity index (χ0v) is 31.8. The molecule has 0 saturated carbocycles. The Morgan fingerprint density at radius 1 is 0.339 bits per heavy atom. The van der Waals surface area contributed by atoms with E-state index >= 15 is 0 Å². The highest BCUT2D eigenvalue weighted by atomic mass is 15.2. The minimum atomic E-state index is 0.574. The fourth-order valence-corrected chi connectivity index (χ4v) is 8.91. The van der Waals surface area contributed by atoms with Crippen LogP contribution in [0.15, 0.2) is 206 Å². The maximum Gasteiger partial charge on any atom is 0.238 e. The Balaban J connectivity index is 1.15. The Hall–Kier alpha value is -8.09. The molecule has 6 nitrogen and oxygen atoms in total. The Labute approximate surface area is 339 Å². The van der Waals surface area contributed by atoms with Gasteiger partial charge in [-0.2, -0.15) is 9.97 Å². The highest BCUT2D eigenvalue weighted by Crippen LogP contribution is 2.44. The normalized spacial score (nSPS) is 11.7. The van der Waals surface area contributed by atoms with Crippen molar-refractivity contribution in [2.75, 3.05) is 0 Å². The maximum absolute atomic E-state index is 5.16. The summed E-state index contributed by atoms with van der Waals surface area (Å²) in [7, 11) is 0. The predicted octanol–water partition coefficient (Wildman–Crippen LogP) is 13.0. The van der Waals surface area contributed by atoms with Gasteiger partial charge in [0.15, 0.2) is 11.6 Å². The topological polar surface area (TPSA) is 53.5 Å². The standard InChI is InChI=1S/C53H34N6/c1-5-17-35(18-6-1)43-34-48-42(31-32-57(48)38-23-11-4-12-24-38)50-49(43)41-26-14-16-28-46(41)58(50)39-29-30-47-44(33-39)40-25-13-15-27-45(40)59(47)53-55-51(36-19-7-2-8-20-36)54-52(56-53)37-21-9-3-10-22-37/h1-34H. The third-order valence-electron chi connectivity index (χ3n) is 11.5. The molecule has 12 aromatic rings. The van der Waals surface area contributed by atoms with Gasteiger partial charge in [-0.05, 0) is 65.7 Å². The maximum atomic E-state index is 5.16. The summed E-state index contributed by atoms with van der Waals surface area (Å²) < 4.78 is 6.96. The molecule has 12 rings (SSSR count). The van der Waals surface area contributed by atoms with Gasteiger partial charge in [-0.3, -0.25) is 4.57 Å². The summed E-state index contributed by atoms with van der Waals surface area (Å²) in [5, 5.41) is 5.88. The fraction of sp³-hybridized carbons (Fsp3) is 0. The number of rotatable bonds is 6. The van der Waals surface area contributed by atoms with Crippen LogP contribution in [-0.4, -0.2) is 28.7 Å². The second-order valence-electron chi connectivity index (χ2n) is 14.9. The number of benzene rings is 8. The first-order valence-corrected chi connectivity index (χ1v) is 19.9. The number of aromatic nitrogens is 6. The van der Waals surface area contributed by atoms with Gasteiger partial charge in [0.05, 0.1) is 27.6 Å². The van der Waals surface area contributed by atoms with Crippen LogP contribution in [0.2, 0.25) is 0 Å². The number of nitrogens with zero attached hydrogens (tertiary/aromatic N) is 6. The molecule has 6 heteroatoms. The Morgan fingerprint density at radius 3 is 1.54 bits per heavy atom. The first-order valence-electron chi connectivity index (χ1n) is 19.9. The van der Waals surface area contributed by atoms with E-state index in [1.807, 2.05) is 60.7 Å². The van der Waals surface area contributed by atoms with Crippen molar-refractivity contribution < 1.29 is 0 Å². The number of para-hydroxylation sites is 3. The molecule has 0 aliphatic heterocycles. The molecule has 0 atom stereocenters. The van der Waals surface area contributed by atoms with E-state index in [0.29, 0.717) is 17.6 Å². The molecule has 4 heterocycles. The van der Waals surface area contributed by atoms with Crippen molar-refractivity contribution in [3.63, 3.8) is 0 Å². The minimum absolute atomic E-state index is 0.574.